The maximum Gasteiger partial charge on any atom is 0.280 e. The van der Waals surface area contributed by atoms with Gasteiger partial charge in [-0.25, -0.2) is 18.4 Å². The first-order valence-corrected chi connectivity index (χ1v) is 8.05. The molecule has 1 aromatic carbocycles. The minimum atomic E-state index is -2.71. The molecule has 0 spiro atoms. The van der Waals surface area contributed by atoms with E-state index in [-0.39, 0.29) is 18.2 Å². The summed E-state index contributed by atoms with van der Waals surface area (Å²) in [7, 11) is 0. The van der Waals surface area contributed by atoms with Crippen molar-refractivity contribution in [3.63, 3.8) is 0 Å². The van der Waals surface area contributed by atoms with Crippen LogP contribution in [-0.4, -0.2) is 30.5 Å². The molecule has 2 heterocycles. The molecule has 0 aliphatic heterocycles. The second kappa shape index (κ2) is 7.61. The van der Waals surface area contributed by atoms with Gasteiger partial charge in [-0.15, -0.1) is 5.10 Å². The van der Waals surface area contributed by atoms with Crippen LogP contribution in [0, 0.1) is 6.92 Å². The summed E-state index contributed by atoms with van der Waals surface area (Å²) in [6.07, 6.45) is -1.27. The van der Waals surface area contributed by atoms with E-state index in [4.69, 9.17) is 11.6 Å². The van der Waals surface area contributed by atoms with Crippen LogP contribution in [0.5, 0.6) is 0 Å². The number of nitrogens with one attached hydrogen (secondary N) is 1. The molecular formula is C16H15ClF2N6O. The van der Waals surface area contributed by atoms with Gasteiger partial charge in [-0.3, -0.25) is 14.8 Å². The number of carbonyl (C=O) groups excluding carboxylic acids is 1. The average Bonchev–Trinajstić information content (AvgIpc) is 3.16. The number of halogens is 3. The molecule has 1 amide bonds. The molecular weight excluding hydrogens is 366 g/mol. The molecule has 0 atom stereocenters. The molecule has 0 saturated carbocycles. The lowest BCUT2D eigenvalue weighted by Crippen LogP contribution is -2.21. The normalized spacial score (nSPS) is 11.1. The first kappa shape index (κ1) is 18.0. The standard InChI is InChI=1S/C16H15ClF2N6O/c1-10-6-13(15(18)19)25(22-10)8-14(26)21-16-20-9-24(23-16)7-11-4-2-3-5-12(11)17/h2-6,9,15H,7-8H2,1H3,(H,21,23,26). The maximum atomic E-state index is 12.9. The van der Waals surface area contributed by atoms with Crippen molar-refractivity contribution in [1.82, 2.24) is 24.5 Å². The number of nitrogens with zero attached hydrogens (tertiary/aromatic N) is 5. The van der Waals surface area contributed by atoms with E-state index in [2.05, 4.69) is 20.5 Å². The zero-order valence-electron chi connectivity index (χ0n) is 13.7. The van der Waals surface area contributed by atoms with E-state index >= 15 is 0 Å². The molecule has 0 unspecified atom stereocenters. The number of aromatic nitrogens is 5. The van der Waals surface area contributed by atoms with E-state index in [0.29, 0.717) is 17.3 Å². The van der Waals surface area contributed by atoms with Crippen LogP contribution in [0.25, 0.3) is 0 Å². The molecule has 0 bridgehead atoms. The van der Waals surface area contributed by atoms with E-state index in [1.165, 1.54) is 17.1 Å². The predicted molar refractivity (Wildman–Crippen MR) is 91.1 cm³/mol. The van der Waals surface area contributed by atoms with Gasteiger partial charge < -0.3 is 0 Å². The molecule has 0 fully saturated rings. The number of hydrogen-bond acceptors (Lipinski definition) is 4. The topological polar surface area (TPSA) is 77.6 Å². The number of alkyl halides is 2. The summed E-state index contributed by atoms with van der Waals surface area (Å²) in [5, 5.41) is 11.1. The maximum absolute atomic E-state index is 12.9. The Kier molecular flexibility index (Phi) is 5.27. The Bertz CT molecular complexity index is 923. The highest BCUT2D eigenvalue weighted by Gasteiger charge is 2.18. The zero-order chi connectivity index (χ0) is 18.7. The lowest BCUT2D eigenvalue weighted by atomic mass is 10.2. The van der Waals surface area contributed by atoms with Crippen molar-refractivity contribution < 1.29 is 13.6 Å². The van der Waals surface area contributed by atoms with Crippen molar-refractivity contribution >= 4 is 23.5 Å². The lowest BCUT2D eigenvalue weighted by molar-refractivity contribution is -0.117. The first-order chi connectivity index (χ1) is 12.4. The number of rotatable bonds is 6. The summed E-state index contributed by atoms with van der Waals surface area (Å²) in [6.45, 7) is 1.61. The van der Waals surface area contributed by atoms with Crippen LogP contribution in [0.4, 0.5) is 14.7 Å². The molecule has 26 heavy (non-hydrogen) atoms. The molecule has 7 nitrogen and oxygen atoms in total. The number of anilines is 1. The molecule has 0 saturated heterocycles. The second-order valence-corrected chi connectivity index (χ2v) is 5.98. The number of benzene rings is 1. The Hall–Kier alpha value is -2.81. The summed E-state index contributed by atoms with van der Waals surface area (Å²) in [5.74, 6) is -0.477. The van der Waals surface area contributed by atoms with Gasteiger partial charge >= 0.3 is 0 Å². The van der Waals surface area contributed by atoms with E-state index in [1.54, 1.807) is 13.0 Å². The SMILES string of the molecule is Cc1cc(C(F)F)n(CC(=O)Nc2ncn(Cc3ccccc3Cl)n2)n1. The Morgan fingerprint density at radius 1 is 1.31 bits per heavy atom. The van der Waals surface area contributed by atoms with Crippen LogP contribution in [0.15, 0.2) is 36.7 Å². The van der Waals surface area contributed by atoms with Crippen molar-refractivity contribution in [3.8, 4) is 0 Å². The van der Waals surface area contributed by atoms with Crippen molar-refractivity contribution in [2.24, 2.45) is 0 Å². The molecule has 0 aliphatic rings. The zero-order valence-corrected chi connectivity index (χ0v) is 14.5. The first-order valence-electron chi connectivity index (χ1n) is 7.67. The summed E-state index contributed by atoms with van der Waals surface area (Å²) >= 11 is 6.10. The fourth-order valence-electron chi connectivity index (χ4n) is 2.40. The van der Waals surface area contributed by atoms with Gasteiger partial charge in [0.2, 0.25) is 11.9 Å². The molecule has 3 aromatic rings. The summed E-state index contributed by atoms with van der Waals surface area (Å²) in [4.78, 5) is 16.0. The second-order valence-electron chi connectivity index (χ2n) is 5.57. The largest absolute Gasteiger partial charge is 0.292 e. The quantitative estimate of drug-likeness (QED) is 0.713. The lowest BCUT2D eigenvalue weighted by Gasteiger charge is -2.06. The third-order valence-electron chi connectivity index (χ3n) is 3.53. The molecule has 2 aromatic heterocycles. The van der Waals surface area contributed by atoms with Gasteiger partial charge in [-0.05, 0) is 24.6 Å². The summed E-state index contributed by atoms with van der Waals surface area (Å²) in [5.41, 5.74) is 0.954. The fourth-order valence-corrected chi connectivity index (χ4v) is 2.59. The Labute approximate surface area is 152 Å². The number of amides is 1. The van der Waals surface area contributed by atoms with E-state index in [0.717, 1.165) is 10.2 Å². The molecule has 10 heteroatoms. The monoisotopic (exact) mass is 380 g/mol. The Morgan fingerprint density at radius 3 is 2.81 bits per heavy atom. The van der Waals surface area contributed by atoms with Crippen molar-refractivity contribution in [1.29, 1.82) is 0 Å². The fraction of sp³-hybridized carbons (Fsp3) is 0.250. The summed E-state index contributed by atoms with van der Waals surface area (Å²) in [6, 6.07) is 8.54. The van der Waals surface area contributed by atoms with Crippen LogP contribution in [0.3, 0.4) is 0 Å². The summed E-state index contributed by atoms with van der Waals surface area (Å²) < 4.78 is 28.3. The average molecular weight is 381 g/mol. The smallest absolute Gasteiger partial charge is 0.280 e. The number of hydrogen-bond donors (Lipinski definition) is 1. The van der Waals surface area contributed by atoms with Crippen molar-refractivity contribution in [2.45, 2.75) is 26.4 Å². The molecule has 3 rings (SSSR count). The third-order valence-corrected chi connectivity index (χ3v) is 3.90. The minimum absolute atomic E-state index is 0.0736. The van der Waals surface area contributed by atoms with Crippen LogP contribution in [0.1, 0.15) is 23.4 Å². The Balaban J connectivity index is 1.64. The number of carbonyl (C=O) groups is 1. The highest BCUT2D eigenvalue weighted by molar-refractivity contribution is 6.31. The van der Waals surface area contributed by atoms with Gasteiger partial charge in [-0.2, -0.15) is 5.10 Å². The van der Waals surface area contributed by atoms with Crippen molar-refractivity contribution in [3.05, 3.63) is 58.6 Å². The van der Waals surface area contributed by atoms with E-state index in [1.807, 2.05) is 18.2 Å². The van der Waals surface area contributed by atoms with Gasteiger partial charge in [-0.1, -0.05) is 29.8 Å². The van der Waals surface area contributed by atoms with E-state index < -0.39 is 12.3 Å². The molecule has 1 N–H and O–H groups in total. The van der Waals surface area contributed by atoms with Gasteiger partial charge in [0.1, 0.15) is 18.6 Å². The third kappa shape index (κ3) is 4.23. The van der Waals surface area contributed by atoms with Crippen LogP contribution in [-0.2, 0) is 17.9 Å². The predicted octanol–water partition coefficient (Wildman–Crippen LogP) is 3.06. The van der Waals surface area contributed by atoms with Gasteiger partial charge in [0.25, 0.3) is 6.43 Å². The highest BCUT2D eigenvalue weighted by Crippen LogP contribution is 2.19. The highest BCUT2D eigenvalue weighted by atomic mass is 35.5. The molecule has 136 valence electrons. The van der Waals surface area contributed by atoms with Crippen LogP contribution in [0.2, 0.25) is 5.02 Å². The van der Waals surface area contributed by atoms with Crippen molar-refractivity contribution in [2.75, 3.05) is 5.32 Å². The minimum Gasteiger partial charge on any atom is -0.292 e. The van der Waals surface area contributed by atoms with Gasteiger partial charge in [0.05, 0.1) is 12.2 Å². The van der Waals surface area contributed by atoms with Crippen LogP contribution >= 0.6 is 11.6 Å². The Morgan fingerprint density at radius 2 is 2.08 bits per heavy atom. The number of aryl methyl sites for hydroxylation is 1. The molecule has 0 radical (unpaired) electrons. The van der Waals surface area contributed by atoms with Crippen LogP contribution < -0.4 is 5.32 Å². The van der Waals surface area contributed by atoms with E-state index in [9.17, 15) is 13.6 Å². The molecule has 0 aliphatic carbocycles. The van der Waals surface area contributed by atoms with Gasteiger partial charge in [0.15, 0.2) is 0 Å². The van der Waals surface area contributed by atoms with Gasteiger partial charge in [0, 0.05) is 5.02 Å².